The molecule has 0 amide bonds. The fraction of sp³-hybridized carbons (Fsp3) is 0.292. The maximum absolute atomic E-state index is 15.1. The molecule has 1 saturated heterocycles. The molecule has 0 aliphatic carbocycles. The van der Waals surface area contributed by atoms with Crippen LogP contribution in [-0.2, 0) is 16.6 Å². The number of rotatable bonds is 5. The molecule has 3 aromatic rings. The van der Waals surface area contributed by atoms with E-state index < -0.39 is 32.8 Å². The quantitative estimate of drug-likeness (QED) is 0.389. The first-order chi connectivity index (χ1) is 17.0. The van der Waals surface area contributed by atoms with Gasteiger partial charge in [0.2, 0.25) is 11.4 Å². The first kappa shape index (κ1) is 25.2. The summed E-state index contributed by atoms with van der Waals surface area (Å²) in [5.41, 5.74) is 6.45. The Morgan fingerprint density at radius 1 is 1.14 bits per heavy atom. The largest absolute Gasteiger partial charge is 0.477 e. The molecule has 190 valence electrons. The lowest BCUT2D eigenvalue weighted by molar-refractivity contribution is 0.0695. The molecule has 12 heteroatoms. The van der Waals surface area contributed by atoms with E-state index in [1.54, 1.807) is 33.4 Å². The number of hydrogen-bond acceptors (Lipinski definition) is 5. The predicted molar refractivity (Wildman–Crippen MR) is 135 cm³/mol. The molecule has 36 heavy (non-hydrogen) atoms. The van der Waals surface area contributed by atoms with Crippen LogP contribution in [0.4, 0.5) is 10.1 Å². The van der Waals surface area contributed by atoms with Crippen LogP contribution >= 0.6 is 0 Å². The van der Waals surface area contributed by atoms with Gasteiger partial charge in [-0.25, -0.2) is 9.18 Å². The molecule has 4 rings (SSSR count). The molecule has 1 fully saturated rings. The van der Waals surface area contributed by atoms with Gasteiger partial charge in [0.25, 0.3) is 10.0 Å². The van der Waals surface area contributed by atoms with E-state index in [-0.39, 0.29) is 21.9 Å². The summed E-state index contributed by atoms with van der Waals surface area (Å²) in [6.45, 7) is 5.28. The lowest BCUT2D eigenvalue weighted by Gasteiger charge is -2.36. The summed E-state index contributed by atoms with van der Waals surface area (Å²) in [6, 6.07) is 8.90. The molecule has 1 aliphatic heterocycles. The number of piperazine rings is 1. The van der Waals surface area contributed by atoms with E-state index in [1.807, 2.05) is 6.92 Å². The first-order valence-electron chi connectivity index (χ1n) is 11.3. The number of nitrogens with zero attached hydrogens (tertiary/aromatic N) is 4. The summed E-state index contributed by atoms with van der Waals surface area (Å²) in [5.74, 6) is -2.16. The summed E-state index contributed by atoms with van der Waals surface area (Å²) in [4.78, 5) is 27.4. The Balaban J connectivity index is 1.57. The Labute approximate surface area is 207 Å². The van der Waals surface area contributed by atoms with Crippen molar-refractivity contribution in [2.45, 2.75) is 25.3 Å². The summed E-state index contributed by atoms with van der Waals surface area (Å²) < 4.78 is 45.6. The molecule has 0 atom stereocenters. The second kappa shape index (κ2) is 9.61. The van der Waals surface area contributed by atoms with Gasteiger partial charge in [-0.3, -0.25) is 4.79 Å². The number of fused-ring (bicyclic) bond motifs is 1. The topological polar surface area (TPSA) is 138 Å². The number of carbonyl (C=O) groups is 1. The second-order valence-corrected chi connectivity index (χ2v) is 10.1. The minimum absolute atomic E-state index is 0.00525. The van der Waals surface area contributed by atoms with Gasteiger partial charge < -0.3 is 25.2 Å². The Kier molecular flexibility index (Phi) is 6.72. The van der Waals surface area contributed by atoms with Crippen LogP contribution in [0.1, 0.15) is 22.8 Å². The average Bonchev–Trinajstić information content (AvgIpc) is 2.84. The second-order valence-electron chi connectivity index (χ2n) is 8.50. The Bertz CT molecular complexity index is 1530. The molecule has 0 saturated carbocycles. The highest BCUT2D eigenvalue weighted by molar-refractivity contribution is 7.90. The van der Waals surface area contributed by atoms with Gasteiger partial charge in [0, 0.05) is 44.3 Å². The number of benzene rings is 2. The lowest BCUT2D eigenvalue weighted by atomic mass is 10.1. The van der Waals surface area contributed by atoms with E-state index in [2.05, 4.69) is 4.40 Å². The fourth-order valence-corrected chi connectivity index (χ4v) is 5.12. The molecular weight excluding hydrogens is 489 g/mol. The van der Waals surface area contributed by atoms with Gasteiger partial charge in [-0.2, -0.15) is 8.42 Å². The van der Waals surface area contributed by atoms with Crippen molar-refractivity contribution in [3.63, 3.8) is 0 Å². The molecule has 3 N–H and O–H groups in total. The number of carboxylic acids is 1. The molecule has 1 aromatic heterocycles. The van der Waals surface area contributed by atoms with E-state index in [0.717, 1.165) is 11.6 Å². The number of guanidine groups is 1. The van der Waals surface area contributed by atoms with Crippen LogP contribution in [0.2, 0.25) is 0 Å². The van der Waals surface area contributed by atoms with Gasteiger partial charge in [-0.05, 0) is 38.1 Å². The van der Waals surface area contributed by atoms with Crippen molar-refractivity contribution >= 4 is 38.5 Å². The molecule has 1 aliphatic rings. The third-order valence-electron chi connectivity index (χ3n) is 6.20. The van der Waals surface area contributed by atoms with Crippen molar-refractivity contribution in [1.29, 1.82) is 0 Å². The molecule has 2 aromatic carbocycles. The van der Waals surface area contributed by atoms with Gasteiger partial charge in [0.15, 0.2) is 0 Å². The van der Waals surface area contributed by atoms with Crippen molar-refractivity contribution in [2.24, 2.45) is 10.1 Å². The zero-order chi connectivity index (χ0) is 26.2. The SMILES string of the molecule is CCn1cc(C(=O)O)c(=O)c2cc(F)c(N3CCN(/C(N)=N/S(=O)(=O)c4ccc(C)cc4)CC3)cc21. The van der Waals surface area contributed by atoms with Gasteiger partial charge in [0.1, 0.15) is 11.4 Å². The summed E-state index contributed by atoms with van der Waals surface area (Å²) in [5, 5.41) is 9.31. The number of carboxylic acid groups (broad SMARTS) is 1. The molecule has 0 spiro atoms. The van der Waals surface area contributed by atoms with Gasteiger partial charge >= 0.3 is 5.97 Å². The molecular formula is C24H26FN5O5S. The van der Waals surface area contributed by atoms with Crippen molar-refractivity contribution in [2.75, 3.05) is 31.1 Å². The van der Waals surface area contributed by atoms with Gasteiger partial charge in [-0.15, -0.1) is 4.40 Å². The van der Waals surface area contributed by atoms with E-state index in [1.165, 1.54) is 24.4 Å². The Morgan fingerprint density at radius 3 is 2.36 bits per heavy atom. The van der Waals surface area contributed by atoms with Crippen LogP contribution in [0, 0.1) is 12.7 Å². The predicted octanol–water partition coefficient (Wildman–Crippen LogP) is 1.99. The number of aromatic nitrogens is 1. The molecule has 10 nitrogen and oxygen atoms in total. The molecule has 0 unspecified atom stereocenters. The van der Waals surface area contributed by atoms with E-state index in [9.17, 15) is 23.1 Å². The van der Waals surface area contributed by atoms with Crippen molar-refractivity contribution in [3.05, 3.63) is 69.8 Å². The third-order valence-corrected chi connectivity index (χ3v) is 7.49. The number of sulfonamides is 1. The number of halogens is 1. The van der Waals surface area contributed by atoms with Crippen molar-refractivity contribution in [3.8, 4) is 0 Å². The van der Waals surface area contributed by atoms with Crippen molar-refractivity contribution < 1.29 is 22.7 Å². The minimum Gasteiger partial charge on any atom is -0.477 e. The Morgan fingerprint density at radius 2 is 1.78 bits per heavy atom. The van der Waals surface area contributed by atoms with E-state index >= 15 is 4.39 Å². The summed E-state index contributed by atoms with van der Waals surface area (Å²) in [6.07, 6.45) is 1.26. The number of nitrogens with two attached hydrogens (primary N) is 1. The van der Waals surface area contributed by atoms with Crippen LogP contribution in [0.5, 0.6) is 0 Å². The Hall–Kier alpha value is -3.93. The smallest absolute Gasteiger partial charge is 0.341 e. The van der Waals surface area contributed by atoms with Crippen LogP contribution in [0.3, 0.4) is 0 Å². The zero-order valence-electron chi connectivity index (χ0n) is 19.8. The first-order valence-corrected chi connectivity index (χ1v) is 12.7. The summed E-state index contributed by atoms with van der Waals surface area (Å²) >= 11 is 0. The molecule has 2 heterocycles. The highest BCUT2D eigenvalue weighted by atomic mass is 32.2. The maximum atomic E-state index is 15.1. The lowest BCUT2D eigenvalue weighted by Crippen LogP contribution is -2.51. The third kappa shape index (κ3) is 4.76. The monoisotopic (exact) mass is 515 g/mol. The average molecular weight is 516 g/mol. The number of aryl methyl sites for hydroxylation is 2. The van der Waals surface area contributed by atoms with Crippen LogP contribution in [-0.4, -0.2) is 61.1 Å². The van der Waals surface area contributed by atoms with E-state index in [0.29, 0.717) is 38.2 Å². The summed E-state index contributed by atoms with van der Waals surface area (Å²) in [7, 11) is -3.97. The molecule has 0 radical (unpaired) electrons. The van der Waals surface area contributed by atoms with Gasteiger partial charge in [0.05, 0.1) is 16.1 Å². The zero-order valence-corrected chi connectivity index (χ0v) is 20.6. The number of pyridine rings is 1. The normalized spacial score (nSPS) is 14.9. The van der Waals surface area contributed by atoms with Crippen LogP contribution in [0.15, 0.2) is 56.7 Å². The van der Waals surface area contributed by atoms with Crippen molar-refractivity contribution in [1.82, 2.24) is 9.47 Å². The number of anilines is 1. The van der Waals surface area contributed by atoms with Crippen LogP contribution < -0.4 is 16.1 Å². The van der Waals surface area contributed by atoms with E-state index in [4.69, 9.17) is 5.73 Å². The maximum Gasteiger partial charge on any atom is 0.341 e. The van der Waals surface area contributed by atoms with Crippen LogP contribution in [0.25, 0.3) is 10.9 Å². The molecule has 0 bridgehead atoms. The van der Waals surface area contributed by atoms with Gasteiger partial charge in [-0.1, -0.05) is 17.7 Å². The standard InChI is InChI=1S/C24H26FN5O5S/c1-3-28-14-18(23(32)33)22(31)17-12-19(25)21(13-20(17)28)29-8-10-30(11-9-29)24(26)27-36(34,35)16-6-4-15(2)5-7-16/h4-7,12-14H,3,8-11H2,1-2H3,(H2,26,27)(H,32,33). The number of aromatic carboxylic acids is 1. The fourth-order valence-electron chi connectivity index (χ4n) is 4.18. The highest BCUT2D eigenvalue weighted by Gasteiger charge is 2.24. The minimum atomic E-state index is -3.97. The number of hydrogen-bond donors (Lipinski definition) is 2. The highest BCUT2D eigenvalue weighted by Crippen LogP contribution is 2.26.